The highest BCUT2D eigenvalue weighted by Crippen LogP contribution is 2.28. The second-order valence-corrected chi connectivity index (χ2v) is 5.52. The molecule has 0 aliphatic heterocycles. The molecular formula is C18H13FN6. The minimum Gasteiger partial charge on any atom is -0.372 e. The number of aromatic nitrogens is 4. The first-order chi connectivity index (χ1) is 12.2. The number of fused-ring (bicyclic) bond motifs is 1. The van der Waals surface area contributed by atoms with Crippen molar-refractivity contribution in [1.29, 1.82) is 5.26 Å². The molecule has 25 heavy (non-hydrogen) atoms. The molecule has 0 aliphatic carbocycles. The minimum absolute atomic E-state index is 0.0171. The largest absolute Gasteiger partial charge is 0.372 e. The number of benzene rings is 2. The summed E-state index contributed by atoms with van der Waals surface area (Å²) in [6.07, 6.45) is 1.74. The van der Waals surface area contributed by atoms with Gasteiger partial charge in [0, 0.05) is 24.1 Å². The molecule has 4 rings (SSSR count). The third-order valence-electron chi connectivity index (χ3n) is 4.02. The molecule has 7 heteroatoms. The Labute approximate surface area is 142 Å². The van der Waals surface area contributed by atoms with Gasteiger partial charge in [0.25, 0.3) is 0 Å². The van der Waals surface area contributed by atoms with E-state index in [1.165, 1.54) is 12.1 Å². The number of nitrogens with zero attached hydrogens (tertiary/aromatic N) is 4. The maximum Gasteiger partial charge on any atom is 0.148 e. The second-order valence-electron chi connectivity index (χ2n) is 5.52. The van der Waals surface area contributed by atoms with Gasteiger partial charge < -0.3 is 5.32 Å². The highest BCUT2D eigenvalue weighted by atomic mass is 19.1. The van der Waals surface area contributed by atoms with Crippen molar-refractivity contribution in [2.24, 2.45) is 0 Å². The SMILES string of the molecule is CNc1cc(-c2ccc(C#N)c(F)c2)n(-c2ccc3[nH]ncc3c2)n1. The van der Waals surface area contributed by atoms with Crippen LogP contribution in [0.1, 0.15) is 5.56 Å². The van der Waals surface area contributed by atoms with E-state index in [0.717, 1.165) is 22.3 Å². The molecule has 2 aromatic heterocycles. The van der Waals surface area contributed by atoms with E-state index >= 15 is 0 Å². The Balaban J connectivity index is 1.89. The minimum atomic E-state index is -0.552. The topological polar surface area (TPSA) is 82.3 Å². The van der Waals surface area contributed by atoms with Crippen molar-refractivity contribution in [3.63, 3.8) is 0 Å². The highest BCUT2D eigenvalue weighted by Gasteiger charge is 2.14. The predicted molar refractivity (Wildman–Crippen MR) is 92.9 cm³/mol. The van der Waals surface area contributed by atoms with Gasteiger partial charge in [0.15, 0.2) is 0 Å². The average molecular weight is 332 g/mol. The van der Waals surface area contributed by atoms with Crippen LogP contribution in [0.25, 0.3) is 27.8 Å². The molecule has 0 fully saturated rings. The van der Waals surface area contributed by atoms with Crippen LogP contribution >= 0.6 is 0 Å². The lowest BCUT2D eigenvalue weighted by Crippen LogP contribution is -2.00. The Morgan fingerprint density at radius 3 is 2.84 bits per heavy atom. The molecule has 0 bridgehead atoms. The number of halogens is 1. The van der Waals surface area contributed by atoms with Gasteiger partial charge in [0.2, 0.25) is 0 Å². The predicted octanol–water partition coefficient (Wildman–Crippen LogP) is 3.47. The monoisotopic (exact) mass is 332 g/mol. The highest BCUT2D eigenvalue weighted by molar-refractivity contribution is 5.80. The van der Waals surface area contributed by atoms with E-state index in [2.05, 4.69) is 20.6 Å². The summed E-state index contributed by atoms with van der Waals surface area (Å²) in [4.78, 5) is 0. The standard InChI is InChI=1S/C18H13FN6/c1-21-18-8-17(11-2-3-12(9-20)15(19)7-11)25(24-18)14-4-5-16-13(6-14)10-22-23-16/h2-8,10H,1H3,(H,21,24)(H,22,23). The second kappa shape index (κ2) is 5.76. The normalized spacial score (nSPS) is 10.8. The smallest absolute Gasteiger partial charge is 0.148 e. The molecule has 0 atom stereocenters. The fourth-order valence-corrected chi connectivity index (χ4v) is 2.73. The van der Waals surface area contributed by atoms with Crippen LogP contribution in [0.2, 0.25) is 0 Å². The maximum atomic E-state index is 14.0. The summed E-state index contributed by atoms with van der Waals surface area (Å²) in [5, 5.41) is 24.3. The molecule has 0 spiro atoms. The summed E-state index contributed by atoms with van der Waals surface area (Å²) >= 11 is 0. The molecule has 2 heterocycles. The van der Waals surface area contributed by atoms with Gasteiger partial charge in [-0.3, -0.25) is 5.10 Å². The molecule has 4 aromatic rings. The number of aromatic amines is 1. The first-order valence-electron chi connectivity index (χ1n) is 7.61. The Morgan fingerprint density at radius 2 is 2.08 bits per heavy atom. The van der Waals surface area contributed by atoms with Gasteiger partial charge in [0.05, 0.1) is 28.7 Å². The molecule has 122 valence electrons. The fraction of sp³-hybridized carbons (Fsp3) is 0.0556. The van der Waals surface area contributed by atoms with Crippen molar-refractivity contribution in [2.45, 2.75) is 0 Å². The van der Waals surface area contributed by atoms with Crippen molar-refractivity contribution in [3.05, 3.63) is 60.0 Å². The van der Waals surface area contributed by atoms with Crippen molar-refractivity contribution in [3.8, 4) is 23.0 Å². The number of hydrogen-bond donors (Lipinski definition) is 2. The molecule has 0 saturated carbocycles. The number of hydrogen-bond acceptors (Lipinski definition) is 4. The van der Waals surface area contributed by atoms with Crippen LogP contribution in [0.15, 0.2) is 48.7 Å². The lowest BCUT2D eigenvalue weighted by molar-refractivity contribution is 0.624. The third kappa shape index (κ3) is 2.50. The van der Waals surface area contributed by atoms with Gasteiger partial charge in [-0.2, -0.15) is 10.4 Å². The average Bonchev–Trinajstić information content (AvgIpc) is 3.27. The summed E-state index contributed by atoms with van der Waals surface area (Å²) in [7, 11) is 1.77. The summed E-state index contributed by atoms with van der Waals surface area (Å²) in [5.41, 5.74) is 3.13. The van der Waals surface area contributed by atoms with Crippen molar-refractivity contribution >= 4 is 16.7 Å². The van der Waals surface area contributed by atoms with Crippen LogP contribution in [-0.2, 0) is 0 Å². The quantitative estimate of drug-likeness (QED) is 0.602. The molecule has 2 aromatic carbocycles. The number of rotatable bonds is 3. The Bertz CT molecular complexity index is 1120. The van der Waals surface area contributed by atoms with Crippen molar-refractivity contribution in [1.82, 2.24) is 20.0 Å². The van der Waals surface area contributed by atoms with Gasteiger partial charge in [-0.15, -0.1) is 5.10 Å². The van der Waals surface area contributed by atoms with E-state index in [9.17, 15) is 4.39 Å². The molecule has 0 saturated heterocycles. The summed E-state index contributed by atoms with van der Waals surface area (Å²) in [5.74, 6) is 0.108. The van der Waals surface area contributed by atoms with E-state index in [1.54, 1.807) is 24.0 Å². The number of nitriles is 1. The van der Waals surface area contributed by atoms with Crippen LogP contribution in [0.4, 0.5) is 10.2 Å². The van der Waals surface area contributed by atoms with E-state index in [4.69, 9.17) is 5.26 Å². The Hall–Kier alpha value is -3.66. The number of anilines is 1. The molecule has 0 amide bonds. The third-order valence-corrected chi connectivity index (χ3v) is 4.02. The van der Waals surface area contributed by atoms with Crippen LogP contribution < -0.4 is 5.32 Å². The van der Waals surface area contributed by atoms with Crippen molar-refractivity contribution < 1.29 is 4.39 Å². The van der Waals surface area contributed by atoms with Crippen molar-refractivity contribution in [2.75, 3.05) is 12.4 Å². The zero-order valence-corrected chi connectivity index (χ0v) is 13.3. The Morgan fingerprint density at radius 1 is 1.20 bits per heavy atom. The van der Waals surface area contributed by atoms with E-state index < -0.39 is 5.82 Å². The first kappa shape index (κ1) is 14.9. The van der Waals surface area contributed by atoms with E-state index in [0.29, 0.717) is 11.4 Å². The van der Waals surface area contributed by atoms with Gasteiger partial charge >= 0.3 is 0 Å². The summed E-state index contributed by atoms with van der Waals surface area (Å²) in [6.45, 7) is 0. The Kier molecular flexibility index (Phi) is 3.43. The summed E-state index contributed by atoms with van der Waals surface area (Å²) < 4.78 is 15.8. The van der Waals surface area contributed by atoms with Gasteiger partial charge in [-0.1, -0.05) is 6.07 Å². The number of H-pyrrole nitrogens is 1. The zero-order chi connectivity index (χ0) is 17.4. The molecule has 0 radical (unpaired) electrons. The molecule has 2 N–H and O–H groups in total. The van der Waals surface area contributed by atoms with Gasteiger partial charge in [-0.25, -0.2) is 9.07 Å². The van der Waals surface area contributed by atoms with Crippen LogP contribution in [0, 0.1) is 17.1 Å². The first-order valence-corrected chi connectivity index (χ1v) is 7.61. The molecule has 0 unspecified atom stereocenters. The molecule has 0 aliphatic rings. The van der Waals surface area contributed by atoms with Crippen LogP contribution in [0.5, 0.6) is 0 Å². The lowest BCUT2D eigenvalue weighted by atomic mass is 10.1. The molecule has 6 nitrogen and oxygen atoms in total. The van der Waals surface area contributed by atoms with Gasteiger partial charge in [-0.05, 0) is 30.3 Å². The van der Waals surface area contributed by atoms with Gasteiger partial charge in [0.1, 0.15) is 17.7 Å². The maximum absolute atomic E-state index is 14.0. The van der Waals surface area contributed by atoms with E-state index in [1.807, 2.05) is 30.3 Å². The number of nitrogens with one attached hydrogen (secondary N) is 2. The summed E-state index contributed by atoms with van der Waals surface area (Å²) in [6, 6.07) is 14.0. The zero-order valence-electron chi connectivity index (χ0n) is 13.3. The molecular weight excluding hydrogens is 319 g/mol. The van der Waals surface area contributed by atoms with Crippen LogP contribution in [0.3, 0.4) is 0 Å². The fourth-order valence-electron chi connectivity index (χ4n) is 2.73. The van der Waals surface area contributed by atoms with E-state index in [-0.39, 0.29) is 5.56 Å². The van der Waals surface area contributed by atoms with Crippen LogP contribution in [-0.4, -0.2) is 27.0 Å². The lowest BCUT2D eigenvalue weighted by Gasteiger charge is -2.08.